The van der Waals surface area contributed by atoms with Gasteiger partial charge in [-0.05, 0) is 53.4 Å². The molecular weight excluding hydrogens is 436 g/mol. The highest BCUT2D eigenvalue weighted by atomic mass is 16.6. The Bertz CT molecular complexity index is 1240. The summed E-state index contributed by atoms with van der Waals surface area (Å²) in [6, 6.07) is 17.1. The first-order valence-electron chi connectivity index (χ1n) is 10.4. The quantitative estimate of drug-likeness (QED) is 0.280. The van der Waals surface area contributed by atoms with E-state index in [0.29, 0.717) is 11.3 Å². The predicted octanol–water partition coefficient (Wildman–Crippen LogP) is 4.61. The van der Waals surface area contributed by atoms with Gasteiger partial charge in [0.15, 0.2) is 0 Å². The lowest BCUT2D eigenvalue weighted by atomic mass is 9.87. The van der Waals surface area contributed by atoms with Crippen molar-refractivity contribution in [2.75, 3.05) is 5.32 Å². The molecule has 0 saturated heterocycles. The van der Waals surface area contributed by atoms with Crippen molar-refractivity contribution in [2.45, 2.75) is 26.2 Å². The van der Waals surface area contributed by atoms with Gasteiger partial charge in [0.25, 0.3) is 17.5 Å². The van der Waals surface area contributed by atoms with Crippen LogP contribution in [0.5, 0.6) is 5.75 Å². The second-order valence-corrected chi connectivity index (χ2v) is 8.56. The summed E-state index contributed by atoms with van der Waals surface area (Å²) in [7, 11) is 0. The number of hydrogen-bond donors (Lipinski definition) is 3. The van der Waals surface area contributed by atoms with Gasteiger partial charge in [0.2, 0.25) is 0 Å². The molecule has 0 heterocycles. The number of anilines is 1. The molecule has 0 aliphatic heterocycles. The van der Waals surface area contributed by atoms with Crippen molar-refractivity contribution in [1.82, 2.24) is 5.43 Å². The van der Waals surface area contributed by atoms with Crippen LogP contribution in [0.25, 0.3) is 0 Å². The van der Waals surface area contributed by atoms with Gasteiger partial charge in [0.1, 0.15) is 5.75 Å². The number of benzene rings is 3. The molecule has 0 aliphatic carbocycles. The number of nitro groups is 1. The van der Waals surface area contributed by atoms with Crippen LogP contribution in [0.1, 0.15) is 52.6 Å². The van der Waals surface area contributed by atoms with E-state index in [4.69, 9.17) is 0 Å². The SMILES string of the molecule is CC(C)(C)c1ccc(C(=O)Nc2ccc(C(=O)N/N=C/c3cc([N+](=O)[O-])ccc3O)cc2)cc1. The largest absolute Gasteiger partial charge is 0.507 e. The minimum Gasteiger partial charge on any atom is -0.507 e. The Hall–Kier alpha value is -4.53. The van der Waals surface area contributed by atoms with Gasteiger partial charge in [0, 0.05) is 34.5 Å². The first kappa shape index (κ1) is 24.1. The number of nitro benzene ring substituents is 1. The van der Waals surface area contributed by atoms with Gasteiger partial charge in [0.05, 0.1) is 11.1 Å². The number of phenols is 1. The van der Waals surface area contributed by atoms with Crippen LogP contribution in [-0.4, -0.2) is 28.1 Å². The van der Waals surface area contributed by atoms with E-state index in [1.54, 1.807) is 24.3 Å². The van der Waals surface area contributed by atoms with Crippen molar-refractivity contribution < 1.29 is 19.6 Å². The van der Waals surface area contributed by atoms with Gasteiger partial charge in [-0.2, -0.15) is 5.10 Å². The zero-order chi connectivity index (χ0) is 24.9. The third kappa shape index (κ3) is 6.04. The minimum absolute atomic E-state index is 0.00506. The van der Waals surface area contributed by atoms with Crippen molar-refractivity contribution in [1.29, 1.82) is 0 Å². The molecule has 3 N–H and O–H groups in total. The maximum atomic E-state index is 12.5. The molecule has 0 atom stereocenters. The standard InChI is InChI=1S/C25H24N4O5/c1-25(2,3)19-8-4-16(5-9-19)23(31)27-20-10-6-17(7-11-20)24(32)28-26-15-18-14-21(29(33)34)12-13-22(18)30/h4-15,30H,1-3H3,(H,27,31)(H,28,32)/b26-15+. The fourth-order valence-corrected chi connectivity index (χ4v) is 3.01. The second kappa shape index (κ2) is 9.95. The van der Waals surface area contributed by atoms with E-state index >= 15 is 0 Å². The van der Waals surface area contributed by atoms with E-state index in [-0.39, 0.29) is 33.9 Å². The maximum absolute atomic E-state index is 12.5. The monoisotopic (exact) mass is 460 g/mol. The summed E-state index contributed by atoms with van der Waals surface area (Å²) in [6.07, 6.45) is 1.11. The molecule has 0 unspecified atom stereocenters. The fourth-order valence-electron chi connectivity index (χ4n) is 3.01. The number of nitrogens with one attached hydrogen (secondary N) is 2. The molecule has 0 fully saturated rings. The molecule has 0 aliphatic rings. The van der Waals surface area contributed by atoms with Gasteiger partial charge in [-0.3, -0.25) is 19.7 Å². The molecular formula is C25H24N4O5. The maximum Gasteiger partial charge on any atom is 0.271 e. The number of amides is 2. The predicted molar refractivity (Wildman–Crippen MR) is 129 cm³/mol. The van der Waals surface area contributed by atoms with Crippen LogP contribution in [0.2, 0.25) is 0 Å². The summed E-state index contributed by atoms with van der Waals surface area (Å²) in [5.74, 6) is -1.01. The molecule has 34 heavy (non-hydrogen) atoms. The van der Waals surface area contributed by atoms with Gasteiger partial charge in [-0.15, -0.1) is 0 Å². The lowest BCUT2D eigenvalue weighted by Crippen LogP contribution is -2.18. The van der Waals surface area contributed by atoms with E-state index in [1.807, 2.05) is 12.1 Å². The molecule has 9 heteroatoms. The van der Waals surface area contributed by atoms with Crippen molar-refractivity contribution in [3.8, 4) is 5.75 Å². The number of carbonyl (C=O) groups is 2. The Kier molecular flexibility index (Phi) is 7.06. The Balaban J connectivity index is 1.60. The van der Waals surface area contributed by atoms with E-state index in [1.165, 1.54) is 18.2 Å². The zero-order valence-corrected chi connectivity index (χ0v) is 18.9. The molecule has 3 rings (SSSR count). The van der Waals surface area contributed by atoms with Gasteiger partial charge < -0.3 is 10.4 Å². The molecule has 3 aromatic rings. The molecule has 0 saturated carbocycles. The highest BCUT2D eigenvalue weighted by Gasteiger charge is 2.15. The van der Waals surface area contributed by atoms with E-state index < -0.39 is 10.8 Å². The van der Waals surface area contributed by atoms with Crippen LogP contribution in [0.4, 0.5) is 11.4 Å². The van der Waals surface area contributed by atoms with E-state index in [0.717, 1.165) is 23.9 Å². The average molecular weight is 460 g/mol. The van der Waals surface area contributed by atoms with Crippen LogP contribution < -0.4 is 10.7 Å². The average Bonchev–Trinajstić information content (AvgIpc) is 2.80. The van der Waals surface area contributed by atoms with Crippen molar-refractivity contribution >= 4 is 29.4 Å². The fraction of sp³-hybridized carbons (Fsp3) is 0.160. The highest BCUT2D eigenvalue weighted by Crippen LogP contribution is 2.23. The van der Waals surface area contributed by atoms with Crippen molar-refractivity contribution in [3.05, 3.63) is 99.1 Å². The number of non-ortho nitro benzene ring substituents is 1. The number of hydrogen-bond acceptors (Lipinski definition) is 6. The number of phenolic OH excluding ortho intramolecular Hbond substituents is 1. The smallest absolute Gasteiger partial charge is 0.271 e. The van der Waals surface area contributed by atoms with Crippen molar-refractivity contribution in [3.63, 3.8) is 0 Å². The topological polar surface area (TPSA) is 134 Å². The summed E-state index contributed by atoms with van der Waals surface area (Å²) in [6.45, 7) is 6.30. The zero-order valence-electron chi connectivity index (χ0n) is 18.9. The van der Waals surface area contributed by atoms with E-state index in [9.17, 15) is 24.8 Å². The highest BCUT2D eigenvalue weighted by molar-refractivity contribution is 6.04. The number of hydrazone groups is 1. The molecule has 0 radical (unpaired) electrons. The van der Waals surface area contributed by atoms with Gasteiger partial charge in [-0.1, -0.05) is 32.9 Å². The van der Waals surface area contributed by atoms with Gasteiger partial charge >= 0.3 is 0 Å². The number of nitrogens with zero attached hydrogens (tertiary/aromatic N) is 2. The lowest BCUT2D eigenvalue weighted by molar-refractivity contribution is -0.384. The van der Waals surface area contributed by atoms with Crippen LogP contribution in [-0.2, 0) is 5.41 Å². The number of aromatic hydroxyl groups is 1. The first-order chi connectivity index (χ1) is 16.0. The minimum atomic E-state index is -0.601. The third-order valence-corrected chi connectivity index (χ3v) is 5.01. The molecule has 174 valence electrons. The number of carbonyl (C=O) groups excluding carboxylic acids is 2. The summed E-state index contributed by atoms with van der Waals surface area (Å²) in [5, 5.41) is 27.1. The molecule has 9 nitrogen and oxygen atoms in total. The van der Waals surface area contributed by atoms with Crippen LogP contribution in [0, 0.1) is 10.1 Å². The molecule has 0 bridgehead atoms. The first-order valence-corrected chi connectivity index (χ1v) is 10.4. The summed E-state index contributed by atoms with van der Waals surface area (Å²) in [5.41, 5.74) is 4.61. The Labute approximate surface area is 196 Å². The van der Waals surface area contributed by atoms with Crippen LogP contribution >= 0.6 is 0 Å². The Morgan fingerprint density at radius 1 is 0.941 bits per heavy atom. The van der Waals surface area contributed by atoms with Crippen LogP contribution in [0.15, 0.2) is 71.8 Å². The molecule has 0 spiro atoms. The van der Waals surface area contributed by atoms with E-state index in [2.05, 4.69) is 36.6 Å². The molecule has 2 amide bonds. The summed E-state index contributed by atoms with van der Waals surface area (Å²) >= 11 is 0. The lowest BCUT2D eigenvalue weighted by Gasteiger charge is -2.19. The second-order valence-electron chi connectivity index (χ2n) is 8.56. The third-order valence-electron chi connectivity index (χ3n) is 5.01. The number of rotatable bonds is 6. The Morgan fingerprint density at radius 3 is 2.12 bits per heavy atom. The van der Waals surface area contributed by atoms with Crippen LogP contribution in [0.3, 0.4) is 0 Å². The van der Waals surface area contributed by atoms with Gasteiger partial charge in [-0.25, -0.2) is 5.43 Å². The summed E-state index contributed by atoms with van der Waals surface area (Å²) in [4.78, 5) is 35.0. The van der Waals surface area contributed by atoms with Crippen molar-refractivity contribution in [2.24, 2.45) is 5.10 Å². The summed E-state index contributed by atoms with van der Waals surface area (Å²) < 4.78 is 0. The Morgan fingerprint density at radius 2 is 1.53 bits per heavy atom. The molecule has 3 aromatic carbocycles. The molecule has 0 aromatic heterocycles. The normalized spacial score (nSPS) is 11.3.